The lowest BCUT2D eigenvalue weighted by atomic mass is 9.88. The normalized spacial score (nSPS) is 18.9. The van der Waals surface area contributed by atoms with Crippen LogP contribution >= 0.6 is 0 Å². The number of piperazine rings is 1. The highest BCUT2D eigenvalue weighted by Gasteiger charge is 2.30. The molecular weight excluding hydrogens is 322 g/mol. The van der Waals surface area contributed by atoms with E-state index in [-0.39, 0.29) is 29.1 Å². The summed E-state index contributed by atoms with van der Waals surface area (Å²) in [4.78, 5) is 43.5. The fourth-order valence-corrected chi connectivity index (χ4v) is 3.57. The first-order valence-electron chi connectivity index (χ1n) is 8.84. The summed E-state index contributed by atoms with van der Waals surface area (Å²) in [5, 5.41) is 8.99. The van der Waals surface area contributed by atoms with Crippen LogP contribution in [-0.4, -0.2) is 63.9 Å². The Kier molecular flexibility index (Phi) is 5.31. The van der Waals surface area contributed by atoms with Gasteiger partial charge in [-0.05, 0) is 25.0 Å². The van der Waals surface area contributed by atoms with Crippen LogP contribution in [0.15, 0.2) is 18.2 Å². The van der Waals surface area contributed by atoms with E-state index in [1.54, 1.807) is 4.90 Å². The lowest BCUT2D eigenvalue weighted by Gasteiger charge is -2.37. The van der Waals surface area contributed by atoms with Gasteiger partial charge in [-0.2, -0.15) is 0 Å². The van der Waals surface area contributed by atoms with Gasteiger partial charge in [-0.25, -0.2) is 9.78 Å². The number of aromatic nitrogens is 1. The van der Waals surface area contributed by atoms with E-state index in [0.29, 0.717) is 26.2 Å². The minimum atomic E-state index is -1.16. The lowest BCUT2D eigenvalue weighted by Crippen LogP contribution is -2.52. The van der Waals surface area contributed by atoms with Gasteiger partial charge in [-0.15, -0.1) is 0 Å². The number of carboxylic acid groups (broad SMARTS) is 1. The number of pyridine rings is 1. The van der Waals surface area contributed by atoms with E-state index < -0.39 is 5.97 Å². The summed E-state index contributed by atoms with van der Waals surface area (Å²) in [6, 6.07) is 4.40. The monoisotopic (exact) mass is 345 g/mol. The Hall–Kier alpha value is -2.44. The molecule has 25 heavy (non-hydrogen) atoms. The summed E-state index contributed by atoms with van der Waals surface area (Å²) < 4.78 is 0. The van der Waals surface area contributed by atoms with Gasteiger partial charge in [0.2, 0.25) is 5.91 Å². The van der Waals surface area contributed by atoms with Crippen molar-refractivity contribution in [3.05, 3.63) is 29.6 Å². The number of carboxylic acids is 1. The zero-order valence-electron chi connectivity index (χ0n) is 14.2. The van der Waals surface area contributed by atoms with Gasteiger partial charge in [0.1, 0.15) is 11.4 Å². The standard InChI is InChI=1S/C18H23N3O4/c22-16(13-5-2-1-3-6-13)20-9-11-21(12-10-20)17(23)14-7-4-8-15(19-14)18(24)25/h4,7-8,13H,1-3,5-6,9-12H2,(H,24,25). The van der Waals surface area contributed by atoms with Crippen molar-refractivity contribution in [3.8, 4) is 0 Å². The molecule has 1 aliphatic carbocycles. The summed E-state index contributed by atoms with van der Waals surface area (Å²) in [5.74, 6) is -1.08. The van der Waals surface area contributed by atoms with Gasteiger partial charge < -0.3 is 14.9 Å². The van der Waals surface area contributed by atoms with Crippen molar-refractivity contribution in [2.45, 2.75) is 32.1 Å². The fourth-order valence-electron chi connectivity index (χ4n) is 3.57. The Bertz CT molecular complexity index is 662. The molecule has 0 atom stereocenters. The fraction of sp³-hybridized carbons (Fsp3) is 0.556. The van der Waals surface area contributed by atoms with E-state index in [2.05, 4.69) is 4.98 Å². The minimum absolute atomic E-state index is 0.131. The summed E-state index contributed by atoms with van der Waals surface area (Å²) in [6.07, 6.45) is 5.42. The highest BCUT2D eigenvalue weighted by molar-refractivity contribution is 5.94. The highest BCUT2D eigenvalue weighted by atomic mass is 16.4. The van der Waals surface area contributed by atoms with Crippen molar-refractivity contribution >= 4 is 17.8 Å². The number of carbonyl (C=O) groups excluding carboxylic acids is 2. The van der Waals surface area contributed by atoms with Crippen molar-refractivity contribution in [1.29, 1.82) is 0 Å². The molecule has 2 fully saturated rings. The Morgan fingerprint density at radius 1 is 0.920 bits per heavy atom. The average molecular weight is 345 g/mol. The van der Waals surface area contributed by atoms with Crippen LogP contribution in [0, 0.1) is 5.92 Å². The maximum atomic E-state index is 12.6. The molecule has 7 nitrogen and oxygen atoms in total. The molecule has 3 rings (SSSR count). The van der Waals surface area contributed by atoms with Gasteiger partial charge in [0.15, 0.2) is 0 Å². The summed E-state index contributed by atoms with van der Waals surface area (Å²) in [5.41, 5.74) is -0.0103. The van der Waals surface area contributed by atoms with E-state index in [1.807, 2.05) is 4.90 Å². The summed E-state index contributed by atoms with van der Waals surface area (Å²) in [6.45, 7) is 1.96. The van der Waals surface area contributed by atoms with E-state index in [9.17, 15) is 14.4 Å². The molecule has 0 aromatic carbocycles. The first kappa shape index (κ1) is 17.4. The van der Waals surface area contributed by atoms with Crippen molar-refractivity contribution in [2.24, 2.45) is 5.92 Å². The van der Waals surface area contributed by atoms with Crippen LogP contribution in [0.4, 0.5) is 0 Å². The van der Waals surface area contributed by atoms with Crippen LogP contribution in [0.3, 0.4) is 0 Å². The molecule has 1 saturated heterocycles. The Balaban J connectivity index is 1.58. The molecule has 2 amide bonds. The lowest BCUT2D eigenvalue weighted by molar-refractivity contribution is -0.138. The predicted molar refractivity (Wildman–Crippen MR) is 90.3 cm³/mol. The van der Waals surface area contributed by atoms with Gasteiger partial charge in [-0.1, -0.05) is 25.3 Å². The van der Waals surface area contributed by atoms with Crippen molar-refractivity contribution in [3.63, 3.8) is 0 Å². The van der Waals surface area contributed by atoms with Crippen molar-refractivity contribution < 1.29 is 19.5 Å². The molecule has 1 aliphatic heterocycles. The van der Waals surface area contributed by atoms with E-state index >= 15 is 0 Å². The molecule has 0 spiro atoms. The first-order valence-corrected chi connectivity index (χ1v) is 8.84. The van der Waals surface area contributed by atoms with Gasteiger partial charge in [0, 0.05) is 32.1 Å². The maximum absolute atomic E-state index is 12.6. The third-order valence-corrected chi connectivity index (χ3v) is 5.02. The van der Waals surface area contributed by atoms with Crippen molar-refractivity contribution in [1.82, 2.24) is 14.8 Å². The number of hydrogen-bond donors (Lipinski definition) is 1. The summed E-state index contributed by atoms with van der Waals surface area (Å²) >= 11 is 0. The molecule has 1 N–H and O–H groups in total. The van der Waals surface area contributed by atoms with Gasteiger partial charge in [0.25, 0.3) is 5.91 Å². The zero-order valence-corrected chi connectivity index (χ0v) is 14.2. The molecule has 1 saturated carbocycles. The smallest absolute Gasteiger partial charge is 0.354 e. The Morgan fingerprint density at radius 3 is 2.16 bits per heavy atom. The third kappa shape index (κ3) is 3.97. The number of aromatic carboxylic acids is 1. The van der Waals surface area contributed by atoms with Crippen LogP contribution in [0.25, 0.3) is 0 Å². The summed E-state index contributed by atoms with van der Waals surface area (Å²) in [7, 11) is 0. The Morgan fingerprint density at radius 2 is 1.52 bits per heavy atom. The average Bonchev–Trinajstić information content (AvgIpc) is 2.67. The van der Waals surface area contributed by atoms with Crippen LogP contribution < -0.4 is 0 Å². The van der Waals surface area contributed by atoms with Gasteiger partial charge in [0.05, 0.1) is 0 Å². The van der Waals surface area contributed by atoms with E-state index in [4.69, 9.17) is 5.11 Å². The minimum Gasteiger partial charge on any atom is -0.477 e. The van der Waals surface area contributed by atoms with Gasteiger partial charge >= 0.3 is 5.97 Å². The number of rotatable bonds is 3. The molecule has 0 bridgehead atoms. The number of carbonyl (C=O) groups is 3. The molecule has 0 unspecified atom stereocenters. The molecular formula is C18H23N3O4. The highest BCUT2D eigenvalue weighted by Crippen LogP contribution is 2.25. The molecule has 2 aliphatic rings. The first-order chi connectivity index (χ1) is 12.1. The van der Waals surface area contributed by atoms with E-state index in [1.165, 1.54) is 24.6 Å². The van der Waals surface area contributed by atoms with Crippen LogP contribution in [0.2, 0.25) is 0 Å². The molecule has 0 radical (unpaired) electrons. The molecule has 7 heteroatoms. The second kappa shape index (κ2) is 7.63. The number of nitrogens with zero attached hydrogens (tertiary/aromatic N) is 3. The molecule has 2 heterocycles. The van der Waals surface area contributed by atoms with Crippen LogP contribution in [0.1, 0.15) is 53.1 Å². The number of hydrogen-bond acceptors (Lipinski definition) is 4. The molecule has 1 aromatic rings. The van der Waals surface area contributed by atoms with Crippen LogP contribution in [-0.2, 0) is 4.79 Å². The quantitative estimate of drug-likeness (QED) is 0.899. The number of amides is 2. The Labute approximate surface area is 146 Å². The zero-order chi connectivity index (χ0) is 17.8. The predicted octanol–water partition coefficient (Wildman–Crippen LogP) is 1.64. The van der Waals surface area contributed by atoms with E-state index in [0.717, 1.165) is 25.7 Å². The van der Waals surface area contributed by atoms with Gasteiger partial charge in [-0.3, -0.25) is 9.59 Å². The SMILES string of the molecule is O=C(O)c1cccc(C(=O)N2CCN(C(=O)C3CCCCC3)CC2)n1. The van der Waals surface area contributed by atoms with Crippen LogP contribution in [0.5, 0.6) is 0 Å². The largest absolute Gasteiger partial charge is 0.477 e. The maximum Gasteiger partial charge on any atom is 0.354 e. The topological polar surface area (TPSA) is 90.8 Å². The third-order valence-electron chi connectivity index (χ3n) is 5.02. The second-order valence-electron chi connectivity index (χ2n) is 6.67. The molecule has 134 valence electrons. The van der Waals surface area contributed by atoms with Crippen molar-refractivity contribution in [2.75, 3.05) is 26.2 Å². The molecule has 1 aromatic heterocycles. The second-order valence-corrected chi connectivity index (χ2v) is 6.67.